The van der Waals surface area contributed by atoms with Gasteiger partial charge in [0.2, 0.25) is 0 Å². The zero-order valence-electron chi connectivity index (χ0n) is 11.4. The van der Waals surface area contributed by atoms with Gasteiger partial charge in [0.1, 0.15) is 18.3 Å². The molecule has 1 aromatic heterocycles. The fourth-order valence-corrected chi connectivity index (χ4v) is 2.99. The normalized spacial score (nSPS) is 19.6. The van der Waals surface area contributed by atoms with E-state index in [0.29, 0.717) is 17.5 Å². The average molecular weight is 292 g/mol. The highest BCUT2D eigenvalue weighted by atomic mass is 35.5. The molecule has 1 aliphatic rings. The molecule has 1 aliphatic carbocycles. The summed E-state index contributed by atoms with van der Waals surface area (Å²) in [6.45, 7) is 2.50. The van der Waals surface area contributed by atoms with E-state index in [2.05, 4.69) is 17.0 Å². The third kappa shape index (κ3) is 2.58. The van der Waals surface area contributed by atoms with E-state index in [1.807, 2.05) is 24.3 Å². The van der Waals surface area contributed by atoms with Gasteiger partial charge in [0, 0.05) is 5.02 Å². The molecule has 3 rings (SSSR count). The van der Waals surface area contributed by atoms with Crippen molar-refractivity contribution in [2.75, 3.05) is 0 Å². The maximum absolute atomic E-state index is 11.3. The van der Waals surface area contributed by atoms with Gasteiger partial charge in [-0.1, -0.05) is 30.7 Å². The number of halogens is 1. The van der Waals surface area contributed by atoms with Gasteiger partial charge in [-0.05, 0) is 42.4 Å². The fourth-order valence-electron chi connectivity index (χ4n) is 2.80. The molecule has 1 fully saturated rings. The first-order valence-corrected chi connectivity index (χ1v) is 7.28. The van der Waals surface area contributed by atoms with Crippen LogP contribution in [0.1, 0.15) is 25.3 Å². The van der Waals surface area contributed by atoms with Crippen molar-refractivity contribution in [1.82, 2.24) is 14.8 Å². The molecule has 20 heavy (non-hydrogen) atoms. The number of hydrogen-bond donors (Lipinski definition) is 1. The topological polar surface area (TPSA) is 50.9 Å². The van der Waals surface area contributed by atoms with Crippen LogP contribution >= 0.6 is 11.6 Å². The molecule has 0 saturated heterocycles. The van der Waals surface area contributed by atoms with Gasteiger partial charge in [0.15, 0.2) is 0 Å². The molecule has 4 nitrogen and oxygen atoms in total. The number of hydrogen-bond acceptors (Lipinski definition) is 3. The minimum absolute atomic E-state index is 0.158. The number of aromatic nitrogens is 3. The van der Waals surface area contributed by atoms with Crippen molar-refractivity contribution < 1.29 is 5.11 Å². The van der Waals surface area contributed by atoms with E-state index in [4.69, 9.17) is 11.6 Å². The van der Waals surface area contributed by atoms with Crippen LogP contribution in [0.5, 0.6) is 0 Å². The molecule has 0 spiro atoms. The average Bonchev–Trinajstić information content (AvgIpc) is 3.16. The van der Waals surface area contributed by atoms with Crippen molar-refractivity contribution in [3.8, 4) is 0 Å². The van der Waals surface area contributed by atoms with E-state index in [9.17, 15) is 5.11 Å². The van der Waals surface area contributed by atoms with Gasteiger partial charge in [-0.15, -0.1) is 0 Å². The first-order chi connectivity index (χ1) is 9.59. The molecule has 0 radical (unpaired) electrons. The third-order valence-corrected chi connectivity index (χ3v) is 4.51. The van der Waals surface area contributed by atoms with Crippen molar-refractivity contribution in [3.63, 3.8) is 0 Å². The van der Waals surface area contributed by atoms with E-state index in [0.717, 1.165) is 5.56 Å². The highest BCUT2D eigenvalue weighted by Gasteiger charge is 2.44. The van der Waals surface area contributed by atoms with Crippen LogP contribution < -0.4 is 0 Å². The number of nitrogens with zero attached hydrogens (tertiary/aromatic N) is 3. The van der Waals surface area contributed by atoms with Crippen LogP contribution in [0.15, 0.2) is 36.9 Å². The minimum atomic E-state index is -0.972. The molecule has 0 bridgehead atoms. The Kier molecular flexibility index (Phi) is 3.52. The molecule has 0 aliphatic heterocycles. The summed E-state index contributed by atoms with van der Waals surface area (Å²) >= 11 is 6.09. The summed E-state index contributed by atoms with van der Waals surface area (Å²) in [6.07, 6.45) is 5.48. The summed E-state index contributed by atoms with van der Waals surface area (Å²) in [5.41, 5.74) is -0.125. The second-order valence-electron chi connectivity index (χ2n) is 5.65. The lowest BCUT2D eigenvalue weighted by Crippen LogP contribution is -2.39. The first kappa shape index (κ1) is 13.6. The van der Waals surface area contributed by atoms with Crippen LogP contribution in [0.3, 0.4) is 0 Å². The Morgan fingerprint density at radius 2 is 2.30 bits per heavy atom. The largest absolute Gasteiger partial charge is 0.383 e. The Bertz CT molecular complexity index is 583. The van der Waals surface area contributed by atoms with Gasteiger partial charge in [0.05, 0.1) is 6.54 Å². The molecule has 1 saturated carbocycles. The predicted octanol–water partition coefficient (Wildman–Crippen LogP) is 2.87. The van der Waals surface area contributed by atoms with Crippen molar-refractivity contribution >= 4 is 11.6 Å². The summed E-state index contributed by atoms with van der Waals surface area (Å²) < 4.78 is 1.68. The Morgan fingerprint density at radius 1 is 1.50 bits per heavy atom. The second-order valence-corrected chi connectivity index (χ2v) is 6.09. The SMILES string of the molecule is CC(C1CC1)C(O)(Cn1cncn1)c1cccc(Cl)c1. The maximum Gasteiger partial charge on any atom is 0.137 e. The molecule has 2 unspecified atom stereocenters. The lowest BCUT2D eigenvalue weighted by atomic mass is 9.79. The molecule has 2 aromatic rings. The molecular weight excluding hydrogens is 274 g/mol. The Morgan fingerprint density at radius 3 is 2.90 bits per heavy atom. The standard InChI is InChI=1S/C15H18ClN3O/c1-11(12-5-6-12)15(20,8-19-10-17-9-18-19)13-3-2-4-14(16)7-13/h2-4,7,9-12,20H,5-6,8H2,1H3. The molecule has 0 amide bonds. The molecule has 1 aromatic carbocycles. The van der Waals surface area contributed by atoms with Crippen LogP contribution in [0.4, 0.5) is 0 Å². The predicted molar refractivity (Wildman–Crippen MR) is 77.3 cm³/mol. The van der Waals surface area contributed by atoms with Gasteiger partial charge in [-0.25, -0.2) is 9.67 Å². The maximum atomic E-state index is 11.3. The zero-order valence-corrected chi connectivity index (χ0v) is 12.2. The number of aliphatic hydroxyl groups is 1. The van der Waals surface area contributed by atoms with Crippen molar-refractivity contribution in [2.45, 2.75) is 31.9 Å². The van der Waals surface area contributed by atoms with Crippen molar-refractivity contribution in [2.24, 2.45) is 11.8 Å². The molecule has 106 valence electrons. The quantitative estimate of drug-likeness (QED) is 0.921. The third-order valence-electron chi connectivity index (χ3n) is 4.28. The molecule has 1 N–H and O–H groups in total. The van der Waals surface area contributed by atoms with Crippen molar-refractivity contribution in [1.29, 1.82) is 0 Å². The molecular formula is C15H18ClN3O. The monoisotopic (exact) mass is 291 g/mol. The van der Waals surface area contributed by atoms with E-state index in [1.165, 1.54) is 19.2 Å². The van der Waals surface area contributed by atoms with Crippen LogP contribution in [0.25, 0.3) is 0 Å². The van der Waals surface area contributed by atoms with E-state index >= 15 is 0 Å². The molecule has 5 heteroatoms. The molecule has 2 atom stereocenters. The van der Waals surface area contributed by atoms with Crippen LogP contribution in [-0.4, -0.2) is 19.9 Å². The minimum Gasteiger partial charge on any atom is -0.383 e. The molecule has 1 heterocycles. The fraction of sp³-hybridized carbons (Fsp3) is 0.467. The number of rotatable bonds is 5. The number of benzene rings is 1. The summed E-state index contributed by atoms with van der Waals surface area (Å²) in [7, 11) is 0. The van der Waals surface area contributed by atoms with Gasteiger partial charge in [-0.3, -0.25) is 0 Å². The summed E-state index contributed by atoms with van der Waals surface area (Å²) in [5.74, 6) is 0.729. The highest BCUT2D eigenvalue weighted by molar-refractivity contribution is 6.30. The Hall–Kier alpha value is -1.39. The smallest absolute Gasteiger partial charge is 0.137 e. The first-order valence-electron chi connectivity index (χ1n) is 6.90. The Balaban J connectivity index is 1.97. The van der Waals surface area contributed by atoms with Crippen molar-refractivity contribution in [3.05, 3.63) is 47.5 Å². The second kappa shape index (κ2) is 5.19. The zero-order chi connectivity index (χ0) is 14.2. The van der Waals surface area contributed by atoms with Crippen LogP contribution in [0, 0.1) is 11.8 Å². The van der Waals surface area contributed by atoms with Crippen LogP contribution in [0.2, 0.25) is 5.02 Å². The van der Waals surface area contributed by atoms with Crippen LogP contribution in [-0.2, 0) is 12.1 Å². The summed E-state index contributed by atoms with van der Waals surface area (Å²) in [4.78, 5) is 3.95. The van der Waals surface area contributed by atoms with Gasteiger partial charge >= 0.3 is 0 Å². The highest BCUT2D eigenvalue weighted by Crippen LogP contribution is 2.46. The lowest BCUT2D eigenvalue weighted by Gasteiger charge is -2.35. The van der Waals surface area contributed by atoms with Gasteiger partial charge in [-0.2, -0.15) is 5.10 Å². The van der Waals surface area contributed by atoms with E-state index in [-0.39, 0.29) is 5.92 Å². The van der Waals surface area contributed by atoms with E-state index < -0.39 is 5.60 Å². The lowest BCUT2D eigenvalue weighted by molar-refractivity contribution is -0.0442. The summed E-state index contributed by atoms with van der Waals surface area (Å²) in [5, 5.41) is 16.1. The summed E-state index contributed by atoms with van der Waals surface area (Å²) in [6, 6.07) is 7.48. The van der Waals surface area contributed by atoms with E-state index in [1.54, 1.807) is 11.0 Å². The van der Waals surface area contributed by atoms with Gasteiger partial charge < -0.3 is 5.11 Å². The Labute approximate surface area is 123 Å². The van der Waals surface area contributed by atoms with Gasteiger partial charge in [0.25, 0.3) is 0 Å².